The first-order valence-corrected chi connectivity index (χ1v) is 9.68. The first-order valence-electron chi connectivity index (χ1n) is 9.68. The minimum atomic E-state index is -0.0179. The van der Waals surface area contributed by atoms with Crippen LogP contribution in [0.3, 0.4) is 0 Å². The summed E-state index contributed by atoms with van der Waals surface area (Å²) in [5.41, 5.74) is 1.65. The van der Waals surface area contributed by atoms with Gasteiger partial charge < -0.3 is 20.3 Å². The standard InChI is InChI=1S/C20H27N5O2/c1-27-19-7-4-15-13-16(5-6-18(15)23-19)22-20(26)25-10-2-3-17(14-25)24-11-8-21-9-12-24/h4-7,13,17,21H,2-3,8-12,14H2,1H3,(H,22,26). The number of carbonyl (C=O) groups excluding carboxylic acids is 1. The second-order valence-electron chi connectivity index (χ2n) is 7.22. The number of hydrogen-bond donors (Lipinski definition) is 2. The van der Waals surface area contributed by atoms with E-state index in [4.69, 9.17) is 4.74 Å². The number of urea groups is 1. The SMILES string of the molecule is COc1ccc2cc(NC(=O)N3CCCC(N4CCNCC4)C3)ccc2n1. The Balaban J connectivity index is 1.41. The van der Waals surface area contributed by atoms with Crippen LogP contribution in [-0.2, 0) is 0 Å². The number of nitrogens with one attached hydrogen (secondary N) is 2. The molecule has 0 radical (unpaired) electrons. The molecular formula is C20H27N5O2. The number of pyridine rings is 1. The summed E-state index contributed by atoms with van der Waals surface area (Å²) in [6.07, 6.45) is 2.23. The number of fused-ring (bicyclic) bond motifs is 1. The first kappa shape index (κ1) is 18.0. The van der Waals surface area contributed by atoms with Crippen LogP contribution in [0.15, 0.2) is 30.3 Å². The number of aromatic nitrogens is 1. The van der Waals surface area contributed by atoms with Crippen molar-refractivity contribution in [3.8, 4) is 5.88 Å². The lowest BCUT2D eigenvalue weighted by molar-refractivity contribution is 0.103. The number of rotatable bonds is 3. The number of hydrogen-bond acceptors (Lipinski definition) is 5. The lowest BCUT2D eigenvalue weighted by Crippen LogP contribution is -2.55. The average Bonchev–Trinajstić information content (AvgIpc) is 2.74. The van der Waals surface area contributed by atoms with Crippen LogP contribution in [0, 0.1) is 0 Å². The maximum Gasteiger partial charge on any atom is 0.321 e. The fourth-order valence-electron chi connectivity index (χ4n) is 3.99. The van der Waals surface area contributed by atoms with Gasteiger partial charge in [0, 0.05) is 62.5 Å². The van der Waals surface area contributed by atoms with Gasteiger partial charge in [0.2, 0.25) is 5.88 Å². The van der Waals surface area contributed by atoms with Crippen molar-refractivity contribution < 1.29 is 9.53 Å². The molecule has 2 saturated heterocycles. The van der Waals surface area contributed by atoms with Gasteiger partial charge in [0.1, 0.15) is 0 Å². The fourth-order valence-corrected chi connectivity index (χ4v) is 3.99. The molecule has 2 aromatic rings. The maximum atomic E-state index is 12.8. The van der Waals surface area contributed by atoms with Gasteiger partial charge in [-0.05, 0) is 37.1 Å². The van der Waals surface area contributed by atoms with Gasteiger partial charge in [-0.1, -0.05) is 0 Å². The van der Waals surface area contributed by atoms with Crippen LogP contribution in [0.2, 0.25) is 0 Å². The summed E-state index contributed by atoms with van der Waals surface area (Å²) in [5, 5.41) is 7.43. The Morgan fingerprint density at radius 3 is 2.89 bits per heavy atom. The lowest BCUT2D eigenvalue weighted by atomic mass is 10.0. The highest BCUT2D eigenvalue weighted by Gasteiger charge is 2.28. The molecule has 0 spiro atoms. The molecule has 3 heterocycles. The molecule has 7 nitrogen and oxygen atoms in total. The van der Waals surface area contributed by atoms with Crippen molar-refractivity contribution in [2.45, 2.75) is 18.9 Å². The molecule has 144 valence electrons. The van der Waals surface area contributed by atoms with Crippen molar-refractivity contribution in [3.63, 3.8) is 0 Å². The van der Waals surface area contributed by atoms with Gasteiger partial charge in [0.25, 0.3) is 0 Å². The summed E-state index contributed by atoms with van der Waals surface area (Å²) in [6.45, 7) is 5.85. The van der Waals surface area contributed by atoms with Crippen LogP contribution in [0.5, 0.6) is 5.88 Å². The predicted molar refractivity (Wildman–Crippen MR) is 106 cm³/mol. The lowest BCUT2D eigenvalue weighted by Gasteiger charge is -2.41. The smallest absolute Gasteiger partial charge is 0.321 e. The van der Waals surface area contributed by atoms with Gasteiger partial charge in [0.15, 0.2) is 0 Å². The van der Waals surface area contributed by atoms with Crippen molar-refractivity contribution in [1.29, 1.82) is 0 Å². The maximum absolute atomic E-state index is 12.8. The van der Waals surface area contributed by atoms with E-state index in [1.165, 1.54) is 6.42 Å². The topological polar surface area (TPSA) is 69.7 Å². The second-order valence-corrected chi connectivity index (χ2v) is 7.22. The van der Waals surface area contributed by atoms with Crippen LogP contribution < -0.4 is 15.4 Å². The van der Waals surface area contributed by atoms with E-state index in [9.17, 15) is 4.79 Å². The third kappa shape index (κ3) is 4.14. The third-order valence-corrected chi connectivity index (χ3v) is 5.48. The minimum Gasteiger partial charge on any atom is -0.481 e. The number of nitrogens with zero attached hydrogens (tertiary/aromatic N) is 3. The van der Waals surface area contributed by atoms with Gasteiger partial charge >= 0.3 is 6.03 Å². The molecule has 0 bridgehead atoms. The van der Waals surface area contributed by atoms with E-state index in [2.05, 4.69) is 20.5 Å². The molecule has 2 N–H and O–H groups in total. The third-order valence-electron chi connectivity index (χ3n) is 5.48. The average molecular weight is 369 g/mol. The van der Waals surface area contributed by atoms with E-state index in [0.29, 0.717) is 11.9 Å². The van der Waals surface area contributed by atoms with E-state index in [-0.39, 0.29) is 6.03 Å². The highest BCUT2D eigenvalue weighted by atomic mass is 16.5. The number of piperidine rings is 1. The number of amides is 2. The molecular weight excluding hydrogens is 342 g/mol. The number of carbonyl (C=O) groups is 1. The Kier molecular flexibility index (Phi) is 5.40. The number of ether oxygens (including phenoxy) is 1. The summed E-state index contributed by atoms with van der Waals surface area (Å²) in [4.78, 5) is 21.7. The van der Waals surface area contributed by atoms with Crippen molar-refractivity contribution in [2.24, 2.45) is 0 Å². The highest BCUT2D eigenvalue weighted by Crippen LogP contribution is 2.22. The molecule has 2 aliphatic heterocycles. The quantitative estimate of drug-likeness (QED) is 0.868. The largest absolute Gasteiger partial charge is 0.481 e. The van der Waals surface area contributed by atoms with Gasteiger partial charge in [-0.3, -0.25) is 4.90 Å². The molecule has 1 atom stereocenters. The molecule has 0 saturated carbocycles. The van der Waals surface area contributed by atoms with E-state index in [1.54, 1.807) is 7.11 Å². The van der Waals surface area contributed by atoms with Gasteiger partial charge in [-0.25, -0.2) is 9.78 Å². The summed E-state index contributed by atoms with van der Waals surface area (Å²) in [6, 6.07) is 10.00. The first-order chi connectivity index (χ1) is 13.2. The molecule has 1 aromatic heterocycles. The summed E-state index contributed by atoms with van der Waals surface area (Å²) in [5.74, 6) is 0.589. The molecule has 4 rings (SSSR count). The van der Waals surface area contributed by atoms with Crippen LogP contribution >= 0.6 is 0 Å². The minimum absolute atomic E-state index is 0.0179. The van der Waals surface area contributed by atoms with Crippen molar-refractivity contribution in [1.82, 2.24) is 20.1 Å². The number of methoxy groups -OCH3 is 1. The summed E-state index contributed by atoms with van der Waals surface area (Å²) >= 11 is 0. The predicted octanol–water partition coefficient (Wildman–Crippen LogP) is 2.14. The molecule has 27 heavy (non-hydrogen) atoms. The van der Waals surface area contributed by atoms with E-state index in [0.717, 1.165) is 62.3 Å². The van der Waals surface area contributed by atoms with E-state index in [1.807, 2.05) is 35.2 Å². The second kappa shape index (κ2) is 8.10. The van der Waals surface area contributed by atoms with Crippen molar-refractivity contribution in [2.75, 3.05) is 51.7 Å². The van der Waals surface area contributed by atoms with Crippen molar-refractivity contribution >= 4 is 22.6 Å². The number of anilines is 1. The van der Waals surface area contributed by atoms with Gasteiger partial charge in [-0.2, -0.15) is 0 Å². The van der Waals surface area contributed by atoms with Gasteiger partial charge in [0.05, 0.1) is 12.6 Å². The molecule has 0 aliphatic carbocycles. The monoisotopic (exact) mass is 369 g/mol. The van der Waals surface area contributed by atoms with Crippen LogP contribution in [0.4, 0.5) is 10.5 Å². The molecule has 2 fully saturated rings. The Morgan fingerprint density at radius 2 is 2.07 bits per heavy atom. The normalized spacial score (nSPS) is 21.2. The molecule has 2 amide bonds. The molecule has 7 heteroatoms. The zero-order valence-electron chi connectivity index (χ0n) is 15.8. The van der Waals surface area contributed by atoms with Crippen LogP contribution in [-0.4, -0.2) is 73.2 Å². The fraction of sp³-hybridized carbons (Fsp3) is 0.500. The van der Waals surface area contributed by atoms with Crippen molar-refractivity contribution in [3.05, 3.63) is 30.3 Å². The van der Waals surface area contributed by atoms with E-state index >= 15 is 0 Å². The Morgan fingerprint density at radius 1 is 1.22 bits per heavy atom. The van der Waals surface area contributed by atoms with E-state index < -0.39 is 0 Å². The Labute approximate surface area is 159 Å². The summed E-state index contributed by atoms with van der Waals surface area (Å²) in [7, 11) is 1.61. The zero-order valence-corrected chi connectivity index (χ0v) is 15.8. The molecule has 2 aliphatic rings. The number of likely N-dealkylation sites (tertiary alicyclic amines) is 1. The Hall–Kier alpha value is -2.38. The molecule has 1 unspecified atom stereocenters. The number of piperazine rings is 1. The van der Waals surface area contributed by atoms with Gasteiger partial charge in [-0.15, -0.1) is 0 Å². The number of benzene rings is 1. The molecule has 1 aromatic carbocycles. The Bertz CT molecular complexity index is 806. The van der Waals surface area contributed by atoms with Crippen LogP contribution in [0.25, 0.3) is 10.9 Å². The zero-order chi connectivity index (χ0) is 18.6. The summed E-state index contributed by atoms with van der Waals surface area (Å²) < 4.78 is 5.16. The van der Waals surface area contributed by atoms with Crippen LogP contribution in [0.1, 0.15) is 12.8 Å². The highest BCUT2D eigenvalue weighted by molar-refractivity contribution is 5.92.